The lowest BCUT2D eigenvalue weighted by Gasteiger charge is -2.26. The standard InChI is InChI=1S/C20H21NO/c1-2-20(22)21-14-15-12-17-10-6-7-11-18(17)19(13-15)16-8-4-3-5-9-16/h3-12,19H,2,13-14H2,1H3,(H,21,22). The lowest BCUT2D eigenvalue weighted by atomic mass is 9.79. The predicted octanol–water partition coefficient (Wildman–Crippen LogP) is 4.13. The molecule has 0 radical (unpaired) electrons. The molecule has 2 nitrogen and oxygen atoms in total. The fourth-order valence-corrected chi connectivity index (χ4v) is 3.05. The maximum absolute atomic E-state index is 11.5. The highest BCUT2D eigenvalue weighted by Crippen LogP contribution is 2.37. The van der Waals surface area contributed by atoms with Crippen LogP contribution in [0, 0.1) is 0 Å². The van der Waals surface area contributed by atoms with E-state index in [9.17, 15) is 4.79 Å². The fourth-order valence-electron chi connectivity index (χ4n) is 3.05. The summed E-state index contributed by atoms with van der Waals surface area (Å²) in [5, 5.41) is 3.00. The molecule has 22 heavy (non-hydrogen) atoms. The van der Waals surface area contributed by atoms with Crippen molar-refractivity contribution in [3.05, 3.63) is 76.9 Å². The number of amides is 1. The van der Waals surface area contributed by atoms with E-state index in [1.807, 2.05) is 6.92 Å². The molecule has 1 aliphatic rings. The van der Waals surface area contributed by atoms with Gasteiger partial charge in [-0.3, -0.25) is 4.79 Å². The quantitative estimate of drug-likeness (QED) is 0.901. The third kappa shape index (κ3) is 3.11. The van der Waals surface area contributed by atoms with Crippen molar-refractivity contribution < 1.29 is 4.79 Å². The van der Waals surface area contributed by atoms with E-state index in [1.54, 1.807) is 0 Å². The van der Waals surface area contributed by atoms with Gasteiger partial charge in [0, 0.05) is 18.9 Å². The van der Waals surface area contributed by atoms with Crippen LogP contribution in [0.1, 0.15) is 42.4 Å². The predicted molar refractivity (Wildman–Crippen MR) is 90.6 cm³/mol. The molecule has 0 aliphatic heterocycles. The summed E-state index contributed by atoms with van der Waals surface area (Å²) in [7, 11) is 0. The van der Waals surface area contributed by atoms with E-state index in [-0.39, 0.29) is 5.91 Å². The highest BCUT2D eigenvalue weighted by atomic mass is 16.1. The average molecular weight is 291 g/mol. The van der Waals surface area contributed by atoms with Crippen molar-refractivity contribution in [2.45, 2.75) is 25.7 Å². The SMILES string of the molecule is CCC(=O)NCC1=Cc2ccccc2C(c2ccccc2)C1. The molecule has 3 rings (SSSR count). The smallest absolute Gasteiger partial charge is 0.219 e. The van der Waals surface area contributed by atoms with Crippen LogP contribution in [-0.4, -0.2) is 12.5 Å². The van der Waals surface area contributed by atoms with Crippen LogP contribution in [0.15, 0.2) is 60.2 Å². The lowest BCUT2D eigenvalue weighted by Crippen LogP contribution is -2.26. The number of nitrogens with one attached hydrogen (secondary N) is 1. The van der Waals surface area contributed by atoms with Gasteiger partial charge in [0.15, 0.2) is 0 Å². The second-order valence-electron chi connectivity index (χ2n) is 5.73. The van der Waals surface area contributed by atoms with E-state index in [1.165, 1.54) is 22.3 Å². The number of hydrogen-bond donors (Lipinski definition) is 1. The zero-order valence-corrected chi connectivity index (χ0v) is 12.9. The van der Waals surface area contributed by atoms with Crippen molar-refractivity contribution in [1.82, 2.24) is 5.32 Å². The molecule has 112 valence electrons. The van der Waals surface area contributed by atoms with Crippen LogP contribution < -0.4 is 5.32 Å². The molecule has 0 bridgehead atoms. The molecule has 0 spiro atoms. The maximum Gasteiger partial charge on any atom is 0.219 e. The molecular weight excluding hydrogens is 270 g/mol. The van der Waals surface area contributed by atoms with Gasteiger partial charge in [-0.05, 0) is 28.7 Å². The summed E-state index contributed by atoms with van der Waals surface area (Å²) in [4.78, 5) is 11.5. The Hall–Kier alpha value is -2.35. The Morgan fingerprint density at radius 3 is 2.59 bits per heavy atom. The van der Waals surface area contributed by atoms with Gasteiger partial charge in [0.25, 0.3) is 0 Å². The van der Waals surface area contributed by atoms with Crippen LogP contribution in [0.25, 0.3) is 6.08 Å². The number of fused-ring (bicyclic) bond motifs is 1. The van der Waals surface area contributed by atoms with Crippen molar-refractivity contribution in [2.75, 3.05) is 6.54 Å². The van der Waals surface area contributed by atoms with E-state index in [4.69, 9.17) is 0 Å². The number of hydrogen-bond acceptors (Lipinski definition) is 1. The lowest BCUT2D eigenvalue weighted by molar-refractivity contribution is -0.120. The molecule has 2 aromatic rings. The molecule has 0 fully saturated rings. The van der Waals surface area contributed by atoms with Gasteiger partial charge in [0.2, 0.25) is 5.91 Å². The molecule has 1 unspecified atom stereocenters. The minimum atomic E-state index is 0.107. The topological polar surface area (TPSA) is 29.1 Å². The molecule has 1 atom stereocenters. The van der Waals surface area contributed by atoms with Crippen LogP contribution in [0.5, 0.6) is 0 Å². The summed E-state index contributed by atoms with van der Waals surface area (Å²) >= 11 is 0. The Morgan fingerprint density at radius 1 is 1.09 bits per heavy atom. The van der Waals surface area contributed by atoms with E-state index in [0.717, 1.165) is 6.42 Å². The summed E-state index contributed by atoms with van der Waals surface area (Å²) < 4.78 is 0. The summed E-state index contributed by atoms with van der Waals surface area (Å²) in [5.41, 5.74) is 5.26. The first-order valence-corrected chi connectivity index (χ1v) is 7.88. The highest BCUT2D eigenvalue weighted by Gasteiger charge is 2.22. The van der Waals surface area contributed by atoms with Crippen LogP contribution in [0.4, 0.5) is 0 Å². The van der Waals surface area contributed by atoms with Gasteiger partial charge < -0.3 is 5.32 Å². The van der Waals surface area contributed by atoms with Gasteiger partial charge >= 0.3 is 0 Å². The third-order valence-corrected chi connectivity index (χ3v) is 4.23. The van der Waals surface area contributed by atoms with Crippen LogP contribution in [-0.2, 0) is 4.79 Å². The Labute approximate surface area is 131 Å². The van der Waals surface area contributed by atoms with Crippen molar-refractivity contribution in [3.63, 3.8) is 0 Å². The molecule has 2 heteroatoms. The summed E-state index contributed by atoms with van der Waals surface area (Å²) in [5.74, 6) is 0.479. The summed E-state index contributed by atoms with van der Waals surface area (Å²) in [6.07, 6.45) is 3.72. The second kappa shape index (κ2) is 6.61. The Bertz CT molecular complexity index is 688. The first-order valence-electron chi connectivity index (χ1n) is 7.88. The van der Waals surface area contributed by atoms with Gasteiger partial charge in [-0.15, -0.1) is 0 Å². The zero-order chi connectivity index (χ0) is 15.4. The van der Waals surface area contributed by atoms with Crippen LogP contribution >= 0.6 is 0 Å². The van der Waals surface area contributed by atoms with E-state index in [2.05, 4.69) is 66.0 Å². The number of rotatable bonds is 4. The second-order valence-corrected chi connectivity index (χ2v) is 5.73. The van der Waals surface area contributed by atoms with Gasteiger partial charge in [-0.2, -0.15) is 0 Å². The van der Waals surface area contributed by atoms with Crippen molar-refractivity contribution in [2.24, 2.45) is 0 Å². The van der Waals surface area contributed by atoms with Crippen molar-refractivity contribution in [1.29, 1.82) is 0 Å². The maximum atomic E-state index is 11.5. The van der Waals surface area contributed by atoms with Crippen LogP contribution in [0.2, 0.25) is 0 Å². The van der Waals surface area contributed by atoms with Crippen molar-refractivity contribution >= 4 is 12.0 Å². The number of benzene rings is 2. The minimum Gasteiger partial charge on any atom is -0.352 e. The molecule has 0 aromatic heterocycles. The van der Waals surface area contributed by atoms with Gasteiger partial charge in [-0.1, -0.05) is 67.6 Å². The zero-order valence-electron chi connectivity index (χ0n) is 12.9. The van der Waals surface area contributed by atoms with E-state index in [0.29, 0.717) is 18.9 Å². The van der Waals surface area contributed by atoms with Gasteiger partial charge in [0.1, 0.15) is 0 Å². The average Bonchev–Trinajstić information content (AvgIpc) is 2.59. The normalized spacial score (nSPS) is 16.6. The summed E-state index contributed by atoms with van der Waals surface area (Å²) in [6, 6.07) is 19.2. The Kier molecular flexibility index (Phi) is 4.38. The van der Waals surface area contributed by atoms with Gasteiger partial charge in [-0.25, -0.2) is 0 Å². The van der Waals surface area contributed by atoms with Gasteiger partial charge in [0.05, 0.1) is 0 Å². The molecule has 0 saturated heterocycles. The monoisotopic (exact) mass is 291 g/mol. The molecule has 1 aliphatic carbocycles. The first-order chi connectivity index (χ1) is 10.8. The number of carbonyl (C=O) groups excluding carboxylic acids is 1. The minimum absolute atomic E-state index is 0.107. The van der Waals surface area contributed by atoms with E-state index < -0.39 is 0 Å². The molecule has 1 amide bonds. The highest BCUT2D eigenvalue weighted by molar-refractivity contribution is 5.76. The molecule has 0 heterocycles. The van der Waals surface area contributed by atoms with Crippen molar-refractivity contribution in [3.8, 4) is 0 Å². The Balaban J connectivity index is 1.90. The fraction of sp³-hybridized carbons (Fsp3) is 0.250. The molecular formula is C20H21NO. The molecule has 1 N–H and O–H groups in total. The Morgan fingerprint density at radius 2 is 1.82 bits per heavy atom. The molecule has 2 aromatic carbocycles. The largest absolute Gasteiger partial charge is 0.352 e. The van der Waals surface area contributed by atoms with E-state index >= 15 is 0 Å². The first kappa shape index (κ1) is 14.6. The summed E-state index contributed by atoms with van der Waals surface area (Å²) in [6.45, 7) is 2.52. The third-order valence-electron chi connectivity index (χ3n) is 4.23. The van der Waals surface area contributed by atoms with Crippen LogP contribution in [0.3, 0.4) is 0 Å². The number of carbonyl (C=O) groups is 1. The molecule has 0 saturated carbocycles.